The van der Waals surface area contributed by atoms with Gasteiger partial charge in [0, 0.05) is 30.4 Å². The number of nitrogens with one attached hydrogen (secondary N) is 2. The van der Waals surface area contributed by atoms with Gasteiger partial charge in [-0.3, -0.25) is 14.3 Å². The topological polar surface area (TPSA) is 95.6 Å². The van der Waals surface area contributed by atoms with Gasteiger partial charge < -0.3 is 10.2 Å². The maximum Gasteiger partial charge on any atom is 0.285 e. The van der Waals surface area contributed by atoms with Gasteiger partial charge in [-0.1, -0.05) is 11.6 Å². The molecule has 0 unspecified atom stereocenters. The lowest BCUT2D eigenvalue weighted by Gasteiger charge is -2.12. The average Bonchev–Trinajstić information content (AvgIpc) is 2.94. The summed E-state index contributed by atoms with van der Waals surface area (Å²) in [7, 11) is -0.627. The first-order valence-electron chi connectivity index (χ1n) is 7.80. The Labute approximate surface area is 166 Å². The molecule has 3 rings (SSSR count). The zero-order chi connectivity index (χ0) is 19.8. The summed E-state index contributed by atoms with van der Waals surface area (Å²) in [5.41, 5.74) is 1.44. The summed E-state index contributed by atoms with van der Waals surface area (Å²) in [6.45, 7) is 0. The molecule has 1 aliphatic heterocycles. The molecule has 0 fully saturated rings. The molecular weight excluding hydrogens is 410 g/mol. The molecule has 0 radical (unpaired) electrons. The van der Waals surface area contributed by atoms with Crippen LogP contribution in [-0.2, 0) is 21.2 Å². The number of carbonyl (C=O) groups is 2. The van der Waals surface area contributed by atoms with Crippen LogP contribution in [-0.4, -0.2) is 38.6 Å². The molecule has 0 saturated carbocycles. The molecule has 0 aliphatic carbocycles. The van der Waals surface area contributed by atoms with Crippen molar-refractivity contribution in [3.8, 4) is 0 Å². The highest BCUT2D eigenvalue weighted by atomic mass is 35.5. The smallest absolute Gasteiger partial charge is 0.285 e. The predicted molar refractivity (Wildman–Crippen MR) is 106 cm³/mol. The highest BCUT2D eigenvalue weighted by molar-refractivity contribution is 8.13. The van der Waals surface area contributed by atoms with Crippen molar-refractivity contribution in [1.29, 1.82) is 0 Å². The summed E-state index contributed by atoms with van der Waals surface area (Å²) in [5, 5.41) is 2.52. The number of amides is 2. The highest BCUT2D eigenvalue weighted by Gasteiger charge is 2.25. The molecule has 2 amide bonds. The van der Waals surface area contributed by atoms with E-state index in [9.17, 15) is 18.0 Å². The van der Waals surface area contributed by atoms with Crippen molar-refractivity contribution >= 4 is 55.9 Å². The van der Waals surface area contributed by atoms with Crippen LogP contribution in [0.15, 0.2) is 46.2 Å². The third kappa shape index (κ3) is 4.37. The Balaban J connectivity index is 1.80. The molecule has 0 aromatic heterocycles. The second-order valence-electron chi connectivity index (χ2n) is 6.06. The molecule has 1 heterocycles. The molecule has 27 heavy (non-hydrogen) atoms. The summed E-state index contributed by atoms with van der Waals surface area (Å²) in [4.78, 5) is 25.2. The van der Waals surface area contributed by atoms with Gasteiger partial charge in [-0.25, -0.2) is 8.42 Å². The molecule has 0 bridgehead atoms. The van der Waals surface area contributed by atoms with E-state index in [0.717, 1.165) is 11.8 Å². The summed E-state index contributed by atoms with van der Waals surface area (Å²) >= 11 is 7.14. The van der Waals surface area contributed by atoms with Crippen molar-refractivity contribution < 1.29 is 18.0 Å². The molecule has 2 N–H and O–H groups in total. The van der Waals surface area contributed by atoms with Gasteiger partial charge in [0.05, 0.1) is 11.4 Å². The molecule has 1 aliphatic rings. The van der Waals surface area contributed by atoms with Gasteiger partial charge in [0.2, 0.25) is 5.91 Å². The Kier molecular flexibility index (Phi) is 5.36. The summed E-state index contributed by atoms with van der Waals surface area (Å²) < 4.78 is 27.8. The average molecular weight is 426 g/mol. The summed E-state index contributed by atoms with van der Waals surface area (Å²) in [6, 6.07) is 9.26. The molecule has 0 saturated heterocycles. The van der Waals surface area contributed by atoms with Crippen LogP contribution in [0.1, 0.15) is 5.56 Å². The standard InChI is InChI=1S/C17H16ClN3O4S2/c1-21(2)17(23)26-12-5-3-11(4-6-12)20-27(24,25)15-7-10-8-16(22)19-14(10)9-13(15)18/h3-7,9,20H,8H2,1-2H3,(H,19,22). The third-order valence-electron chi connectivity index (χ3n) is 3.75. The van der Waals surface area contributed by atoms with Crippen LogP contribution in [0.3, 0.4) is 0 Å². The van der Waals surface area contributed by atoms with E-state index < -0.39 is 10.0 Å². The Bertz CT molecular complexity index is 1020. The molecule has 2 aromatic rings. The van der Waals surface area contributed by atoms with Crippen molar-refractivity contribution in [1.82, 2.24) is 4.90 Å². The normalized spacial score (nSPS) is 13.1. The van der Waals surface area contributed by atoms with E-state index in [2.05, 4.69) is 10.0 Å². The fourth-order valence-electron chi connectivity index (χ4n) is 2.42. The Morgan fingerprint density at radius 3 is 2.52 bits per heavy atom. The van der Waals surface area contributed by atoms with Crippen molar-refractivity contribution in [3.05, 3.63) is 47.0 Å². The largest absolute Gasteiger partial charge is 0.339 e. The van der Waals surface area contributed by atoms with Gasteiger partial charge >= 0.3 is 0 Å². The zero-order valence-electron chi connectivity index (χ0n) is 14.4. The van der Waals surface area contributed by atoms with Crippen molar-refractivity contribution in [2.75, 3.05) is 24.1 Å². The van der Waals surface area contributed by atoms with E-state index >= 15 is 0 Å². The predicted octanol–water partition coefficient (Wildman–Crippen LogP) is 3.41. The quantitative estimate of drug-likeness (QED) is 0.732. The van der Waals surface area contributed by atoms with Crippen LogP contribution < -0.4 is 10.0 Å². The van der Waals surface area contributed by atoms with E-state index in [1.54, 1.807) is 38.4 Å². The number of anilines is 2. The monoisotopic (exact) mass is 425 g/mol. The minimum absolute atomic E-state index is 0.0206. The van der Waals surface area contributed by atoms with E-state index in [0.29, 0.717) is 21.8 Å². The minimum atomic E-state index is -3.94. The summed E-state index contributed by atoms with van der Waals surface area (Å²) in [5.74, 6) is -0.205. The van der Waals surface area contributed by atoms with Crippen LogP contribution >= 0.6 is 23.4 Å². The van der Waals surface area contributed by atoms with Crippen LogP contribution in [0, 0.1) is 0 Å². The lowest BCUT2D eigenvalue weighted by Crippen LogP contribution is -2.16. The van der Waals surface area contributed by atoms with Crippen molar-refractivity contribution in [2.45, 2.75) is 16.2 Å². The number of rotatable bonds is 4. The minimum Gasteiger partial charge on any atom is -0.339 e. The Morgan fingerprint density at radius 1 is 1.22 bits per heavy atom. The fourth-order valence-corrected chi connectivity index (χ4v) is 4.72. The first-order valence-corrected chi connectivity index (χ1v) is 10.5. The van der Waals surface area contributed by atoms with E-state index in [4.69, 9.17) is 11.6 Å². The van der Waals surface area contributed by atoms with Gasteiger partial charge in [0.15, 0.2) is 0 Å². The van der Waals surface area contributed by atoms with Crippen LogP contribution in [0.5, 0.6) is 0 Å². The number of nitrogens with zero attached hydrogens (tertiary/aromatic N) is 1. The lowest BCUT2D eigenvalue weighted by atomic mass is 10.2. The molecule has 2 aromatic carbocycles. The van der Waals surface area contributed by atoms with Gasteiger partial charge in [-0.2, -0.15) is 0 Å². The number of benzene rings is 2. The molecule has 0 atom stereocenters. The number of halogens is 1. The number of fused-ring (bicyclic) bond motifs is 1. The van der Waals surface area contributed by atoms with Crippen molar-refractivity contribution in [2.24, 2.45) is 0 Å². The lowest BCUT2D eigenvalue weighted by molar-refractivity contribution is -0.115. The number of thioether (sulfide) groups is 1. The zero-order valence-corrected chi connectivity index (χ0v) is 16.8. The van der Waals surface area contributed by atoms with Gasteiger partial charge in [-0.15, -0.1) is 0 Å². The first-order chi connectivity index (χ1) is 12.7. The third-order valence-corrected chi connectivity index (χ3v) is 6.64. The maximum absolute atomic E-state index is 12.7. The van der Waals surface area contributed by atoms with Crippen LogP contribution in [0.25, 0.3) is 0 Å². The first kappa shape index (κ1) is 19.5. The van der Waals surface area contributed by atoms with Crippen LogP contribution in [0.2, 0.25) is 5.02 Å². The number of hydrogen-bond acceptors (Lipinski definition) is 5. The Hall–Kier alpha value is -2.23. The van der Waals surface area contributed by atoms with Crippen molar-refractivity contribution in [3.63, 3.8) is 0 Å². The van der Waals surface area contributed by atoms with E-state index in [-0.39, 0.29) is 27.5 Å². The van der Waals surface area contributed by atoms with Crippen LogP contribution in [0.4, 0.5) is 16.2 Å². The number of sulfonamides is 1. The second-order valence-corrected chi connectivity index (χ2v) is 9.14. The SMILES string of the molecule is CN(C)C(=O)Sc1ccc(NS(=O)(=O)c2cc3c(cc2Cl)NC(=O)C3)cc1. The highest BCUT2D eigenvalue weighted by Crippen LogP contribution is 2.33. The van der Waals surface area contributed by atoms with E-state index in [1.807, 2.05) is 0 Å². The Morgan fingerprint density at radius 2 is 1.89 bits per heavy atom. The molecule has 0 spiro atoms. The van der Waals surface area contributed by atoms with Gasteiger partial charge in [0.1, 0.15) is 4.90 Å². The molecule has 10 heteroatoms. The molecule has 142 valence electrons. The molecular formula is C17H16ClN3O4S2. The number of carbonyl (C=O) groups excluding carboxylic acids is 2. The fraction of sp³-hybridized carbons (Fsp3) is 0.176. The second kappa shape index (κ2) is 7.41. The van der Waals surface area contributed by atoms with Gasteiger partial charge in [0.25, 0.3) is 15.3 Å². The number of hydrogen-bond donors (Lipinski definition) is 2. The molecule has 7 nitrogen and oxygen atoms in total. The van der Waals surface area contributed by atoms with Gasteiger partial charge in [-0.05, 0) is 53.7 Å². The van der Waals surface area contributed by atoms with E-state index in [1.165, 1.54) is 17.0 Å². The maximum atomic E-state index is 12.7. The summed E-state index contributed by atoms with van der Waals surface area (Å²) in [6.07, 6.45) is 0.112.